The summed E-state index contributed by atoms with van der Waals surface area (Å²) in [7, 11) is 0. The number of quaternary nitrogens is 1. The smallest absolute Gasteiger partial charge is 0.137 e. The van der Waals surface area contributed by atoms with Crippen LogP contribution in [0, 0.1) is 11.3 Å². The van der Waals surface area contributed by atoms with E-state index in [1.165, 1.54) is 17.7 Å². The quantitative estimate of drug-likeness (QED) is 0.644. The van der Waals surface area contributed by atoms with Crippen LogP contribution < -0.4 is 9.64 Å². The van der Waals surface area contributed by atoms with Gasteiger partial charge in [0.2, 0.25) is 0 Å². The second-order valence-electron chi connectivity index (χ2n) is 6.26. The van der Waals surface area contributed by atoms with Crippen LogP contribution in [0.3, 0.4) is 0 Å². The molecule has 1 saturated heterocycles. The van der Waals surface area contributed by atoms with Crippen LogP contribution >= 0.6 is 0 Å². The molecule has 3 N–H and O–H groups in total. The Morgan fingerprint density at radius 2 is 2.09 bits per heavy atom. The summed E-state index contributed by atoms with van der Waals surface area (Å²) in [4.78, 5) is 1.38. The number of aliphatic hydroxyl groups excluding tert-OH is 2. The molecule has 0 radical (unpaired) electrons. The van der Waals surface area contributed by atoms with Crippen LogP contribution in [0.25, 0.3) is 0 Å². The monoisotopic (exact) mass is 319 g/mol. The highest BCUT2D eigenvalue weighted by atomic mass is 16.5. The van der Waals surface area contributed by atoms with Crippen molar-refractivity contribution in [3.05, 3.63) is 29.8 Å². The fourth-order valence-corrected chi connectivity index (χ4v) is 3.27. The molecule has 0 saturated carbocycles. The number of benzene rings is 1. The molecule has 1 aliphatic heterocycles. The van der Waals surface area contributed by atoms with Crippen LogP contribution in [0.4, 0.5) is 0 Å². The maximum absolute atomic E-state index is 10.2. The van der Waals surface area contributed by atoms with Gasteiger partial charge in [-0.1, -0.05) is 12.1 Å². The third kappa shape index (κ3) is 5.83. The van der Waals surface area contributed by atoms with Crippen molar-refractivity contribution in [3.63, 3.8) is 0 Å². The number of piperidine rings is 1. The predicted molar refractivity (Wildman–Crippen MR) is 87.3 cm³/mol. The van der Waals surface area contributed by atoms with Gasteiger partial charge in [-0.3, -0.25) is 0 Å². The lowest BCUT2D eigenvalue weighted by molar-refractivity contribution is -0.933. The molecule has 2 rings (SSSR count). The lowest BCUT2D eigenvalue weighted by atomic mass is 9.99. The Morgan fingerprint density at radius 1 is 1.30 bits per heavy atom. The van der Waals surface area contributed by atoms with Gasteiger partial charge in [0.05, 0.1) is 25.1 Å². The van der Waals surface area contributed by atoms with E-state index in [-0.39, 0.29) is 13.2 Å². The van der Waals surface area contributed by atoms with Gasteiger partial charge in [-0.15, -0.1) is 0 Å². The number of rotatable bonds is 8. The first kappa shape index (κ1) is 17.7. The zero-order valence-corrected chi connectivity index (χ0v) is 13.6. The van der Waals surface area contributed by atoms with Gasteiger partial charge in [-0.2, -0.15) is 5.26 Å². The Kier molecular flexibility index (Phi) is 7.34. The third-order valence-electron chi connectivity index (χ3n) is 4.50. The van der Waals surface area contributed by atoms with Gasteiger partial charge < -0.3 is 19.8 Å². The maximum atomic E-state index is 10.2. The molecular weight excluding hydrogens is 292 g/mol. The minimum atomic E-state index is -0.511. The molecule has 1 unspecified atom stereocenters. The van der Waals surface area contributed by atoms with Gasteiger partial charge in [-0.25, -0.2) is 0 Å². The van der Waals surface area contributed by atoms with E-state index in [1.54, 1.807) is 0 Å². The van der Waals surface area contributed by atoms with E-state index in [0.29, 0.717) is 24.8 Å². The average molecular weight is 319 g/mol. The van der Waals surface area contributed by atoms with Crippen LogP contribution in [0.1, 0.15) is 31.2 Å². The van der Waals surface area contributed by atoms with Gasteiger partial charge >= 0.3 is 0 Å². The van der Waals surface area contributed by atoms with Gasteiger partial charge in [-0.05, 0) is 37.0 Å². The molecule has 5 nitrogen and oxygen atoms in total. The zero-order valence-electron chi connectivity index (χ0n) is 13.6. The van der Waals surface area contributed by atoms with Crippen LogP contribution in [0.15, 0.2) is 24.3 Å². The van der Waals surface area contributed by atoms with Gasteiger partial charge in [0.15, 0.2) is 0 Å². The summed E-state index contributed by atoms with van der Waals surface area (Å²) < 4.78 is 5.64. The molecular formula is C18H27N2O3+. The number of hydrogen-bond donors (Lipinski definition) is 3. The first-order valence-corrected chi connectivity index (χ1v) is 8.45. The molecule has 0 aliphatic carbocycles. The minimum Gasteiger partial charge on any atom is -0.491 e. The molecule has 1 aliphatic rings. The van der Waals surface area contributed by atoms with Gasteiger partial charge in [0.1, 0.15) is 25.0 Å². The number of nitriles is 1. The number of ether oxygens (including phenoxy) is 1. The number of likely N-dealkylation sites (tertiary alicyclic amines) is 1. The number of nitrogens with zero attached hydrogens (tertiary/aromatic N) is 1. The van der Waals surface area contributed by atoms with Crippen LogP contribution in [0.5, 0.6) is 5.75 Å². The van der Waals surface area contributed by atoms with Crippen molar-refractivity contribution in [1.82, 2.24) is 0 Å². The van der Waals surface area contributed by atoms with Crippen molar-refractivity contribution >= 4 is 0 Å². The fraction of sp³-hybridized carbons (Fsp3) is 0.611. The predicted octanol–water partition coefficient (Wildman–Crippen LogP) is 0.312. The molecule has 5 heteroatoms. The van der Waals surface area contributed by atoms with E-state index in [0.717, 1.165) is 24.9 Å². The standard InChI is InChI=1S/C18H26N2O3/c19-10-8-15-4-6-18(7-5-15)23-14-17(22)13-20-11-2-1-3-16(20)9-12-21/h4-7,16-17,21-22H,1-3,8-9,11-14H2/p+1/t16-,17-/m1/s1. The topological polar surface area (TPSA) is 77.9 Å². The normalized spacial score (nSPS) is 22.3. The zero-order chi connectivity index (χ0) is 16.5. The number of hydrogen-bond acceptors (Lipinski definition) is 4. The highest BCUT2D eigenvalue weighted by Gasteiger charge is 2.27. The summed E-state index contributed by atoms with van der Waals surface area (Å²) in [5.41, 5.74) is 0.963. The highest BCUT2D eigenvalue weighted by molar-refractivity contribution is 5.28. The highest BCUT2D eigenvalue weighted by Crippen LogP contribution is 2.12. The Morgan fingerprint density at radius 3 is 2.78 bits per heavy atom. The van der Waals surface area contributed by atoms with Crippen LogP contribution in [0.2, 0.25) is 0 Å². The average Bonchev–Trinajstić information content (AvgIpc) is 2.57. The van der Waals surface area contributed by atoms with Crippen molar-refractivity contribution < 1.29 is 19.8 Å². The molecule has 0 amide bonds. The summed E-state index contributed by atoms with van der Waals surface area (Å²) in [5, 5.41) is 28.0. The van der Waals surface area contributed by atoms with E-state index < -0.39 is 6.10 Å². The van der Waals surface area contributed by atoms with Crippen molar-refractivity contribution in [2.75, 3.05) is 26.3 Å². The Labute approximate surface area is 138 Å². The molecule has 0 aromatic heterocycles. The first-order chi connectivity index (χ1) is 11.2. The SMILES string of the molecule is N#CCc1ccc(OC[C@H](O)C[NH+]2CCCC[C@@H]2CCO)cc1. The van der Waals surface area contributed by atoms with Crippen molar-refractivity contribution in [1.29, 1.82) is 5.26 Å². The first-order valence-electron chi connectivity index (χ1n) is 8.45. The van der Waals surface area contributed by atoms with Crippen LogP contribution in [-0.4, -0.2) is 48.7 Å². The molecule has 23 heavy (non-hydrogen) atoms. The molecule has 1 aromatic carbocycles. The minimum absolute atomic E-state index is 0.218. The number of aliphatic hydroxyl groups is 2. The molecule has 0 bridgehead atoms. The summed E-state index contributed by atoms with van der Waals surface area (Å²) >= 11 is 0. The lowest BCUT2D eigenvalue weighted by Crippen LogP contribution is -3.17. The molecule has 1 fully saturated rings. The molecule has 0 spiro atoms. The van der Waals surface area contributed by atoms with E-state index in [2.05, 4.69) is 6.07 Å². The summed E-state index contributed by atoms with van der Waals surface area (Å²) in [6, 6.07) is 9.98. The maximum Gasteiger partial charge on any atom is 0.137 e. The molecule has 126 valence electrons. The van der Waals surface area contributed by atoms with Crippen molar-refractivity contribution in [2.45, 2.75) is 44.2 Å². The second-order valence-corrected chi connectivity index (χ2v) is 6.26. The van der Waals surface area contributed by atoms with Crippen LogP contribution in [-0.2, 0) is 6.42 Å². The second kappa shape index (κ2) is 9.51. The number of nitrogens with one attached hydrogen (secondary N) is 1. The van der Waals surface area contributed by atoms with Gasteiger partial charge in [0.25, 0.3) is 0 Å². The summed E-state index contributed by atoms with van der Waals surface area (Å²) in [5.74, 6) is 0.714. The van der Waals surface area contributed by atoms with E-state index >= 15 is 0 Å². The molecule has 1 aromatic rings. The largest absolute Gasteiger partial charge is 0.491 e. The Bertz CT molecular complexity index is 496. The van der Waals surface area contributed by atoms with E-state index in [4.69, 9.17) is 15.1 Å². The lowest BCUT2D eigenvalue weighted by Gasteiger charge is -2.33. The Hall–Kier alpha value is -1.61. The molecule has 3 atom stereocenters. The van der Waals surface area contributed by atoms with E-state index in [9.17, 15) is 5.11 Å². The summed E-state index contributed by atoms with van der Waals surface area (Å²) in [6.07, 6.45) is 4.23. The van der Waals surface area contributed by atoms with Crippen molar-refractivity contribution in [3.8, 4) is 11.8 Å². The Balaban J connectivity index is 1.77. The van der Waals surface area contributed by atoms with Crippen molar-refractivity contribution in [2.24, 2.45) is 0 Å². The van der Waals surface area contributed by atoms with E-state index in [1.807, 2.05) is 24.3 Å². The van der Waals surface area contributed by atoms with Gasteiger partial charge in [0, 0.05) is 13.0 Å². The summed E-state index contributed by atoms with van der Waals surface area (Å²) in [6.45, 7) is 2.21. The molecule has 1 heterocycles. The fourth-order valence-electron chi connectivity index (χ4n) is 3.27. The third-order valence-corrected chi connectivity index (χ3v) is 4.50.